The third kappa shape index (κ3) is 7.61. The number of nitrogens with one attached hydrogen (secondary N) is 2. The van der Waals surface area contributed by atoms with Crippen molar-refractivity contribution in [3.05, 3.63) is 120 Å². The molecule has 4 aromatic heterocycles. The van der Waals surface area contributed by atoms with Gasteiger partial charge in [0.2, 0.25) is 0 Å². The van der Waals surface area contributed by atoms with Crippen molar-refractivity contribution in [3.63, 3.8) is 0 Å². The highest BCUT2D eigenvalue weighted by Gasteiger charge is 2.12. The number of ether oxygens (including phenoxy) is 2. The normalized spacial score (nSPS) is 11.2. The zero-order chi connectivity index (χ0) is 34.1. The standard InChI is InChI=1S/C36H36N10O4/c47-12-10-37-33-31-35(41-21-39-33)45(23-43-31)17-25-4-1-6-27(14-25)19-49-29-8-3-9-30(16-29)50-20-28-7-2-5-26(15-28)18-46-24-44-32-34(38-11-13-48)40-22-42-36(32)46/h1-9,14-16,21-24,47-48H,10-13,17-20H2,(H,37,39,41)(H,38,40,42). The second-order valence-electron chi connectivity index (χ2n) is 11.5. The number of aliphatic hydroxyl groups is 2. The van der Waals surface area contributed by atoms with E-state index in [-0.39, 0.29) is 13.2 Å². The average Bonchev–Trinajstić information content (AvgIpc) is 3.76. The highest BCUT2D eigenvalue weighted by molar-refractivity contribution is 5.83. The number of hydrogen-bond acceptors (Lipinski definition) is 12. The topological polar surface area (TPSA) is 170 Å². The Morgan fingerprint density at radius 2 is 1.00 bits per heavy atom. The number of benzene rings is 3. The number of aromatic nitrogens is 8. The van der Waals surface area contributed by atoms with Gasteiger partial charge in [0, 0.05) is 19.2 Å². The minimum atomic E-state index is 0.00409. The van der Waals surface area contributed by atoms with Gasteiger partial charge in [-0.3, -0.25) is 0 Å². The summed E-state index contributed by atoms with van der Waals surface area (Å²) in [6.07, 6.45) is 6.49. The van der Waals surface area contributed by atoms with E-state index in [1.807, 2.05) is 57.7 Å². The van der Waals surface area contributed by atoms with Crippen LogP contribution >= 0.6 is 0 Å². The number of imidazole rings is 2. The van der Waals surface area contributed by atoms with E-state index in [0.717, 1.165) is 33.5 Å². The SMILES string of the molecule is OCCNc1ncnc2c1ncn2Cc1cccc(COc2cccc(OCc3cccc(Cn4cnc5c(NCCO)ncnc54)c3)c2)c1. The molecular weight excluding hydrogens is 636 g/mol. The van der Waals surface area contributed by atoms with E-state index in [4.69, 9.17) is 19.7 Å². The summed E-state index contributed by atoms with van der Waals surface area (Å²) >= 11 is 0. The zero-order valence-electron chi connectivity index (χ0n) is 27.2. The van der Waals surface area contributed by atoms with Crippen molar-refractivity contribution in [1.29, 1.82) is 0 Å². The minimum absolute atomic E-state index is 0.00409. The Kier molecular flexibility index (Phi) is 9.99. The van der Waals surface area contributed by atoms with Crippen LogP contribution in [0.1, 0.15) is 22.3 Å². The fraction of sp³-hybridized carbons (Fsp3) is 0.222. The summed E-state index contributed by atoms with van der Waals surface area (Å²) in [5.41, 5.74) is 7.00. The summed E-state index contributed by atoms with van der Waals surface area (Å²) in [5, 5.41) is 24.5. The highest BCUT2D eigenvalue weighted by atomic mass is 16.5. The molecule has 50 heavy (non-hydrogen) atoms. The molecule has 0 aliphatic carbocycles. The van der Waals surface area contributed by atoms with Crippen LogP contribution in [0.3, 0.4) is 0 Å². The van der Waals surface area contributed by atoms with Gasteiger partial charge in [-0.05, 0) is 34.4 Å². The highest BCUT2D eigenvalue weighted by Crippen LogP contribution is 2.24. The van der Waals surface area contributed by atoms with Gasteiger partial charge in [-0.1, -0.05) is 54.6 Å². The predicted molar refractivity (Wildman–Crippen MR) is 188 cm³/mol. The Balaban J connectivity index is 0.950. The molecule has 4 heterocycles. The first kappa shape index (κ1) is 32.4. The van der Waals surface area contributed by atoms with Crippen molar-refractivity contribution in [2.24, 2.45) is 0 Å². The second-order valence-corrected chi connectivity index (χ2v) is 11.5. The van der Waals surface area contributed by atoms with Crippen molar-refractivity contribution >= 4 is 34.0 Å². The Bertz CT molecular complexity index is 2050. The first-order valence-electron chi connectivity index (χ1n) is 16.2. The number of nitrogens with zero attached hydrogens (tertiary/aromatic N) is 8. The number of aliphatic hydroxyl groups excluding tert-OH is 2. The first-order valence-corrected chi connectivity index (χ1v) is 16.2. The van der Waals surface area contributed by atoms with Crippen LogP contribution in [0.25, 0.3) is 22.3 Å². The molecule has 7 aromatic rings. The molecule has 0 aliphatic rings. The van der Waals surface area contributed by atoms with E-state index in [0.29, 0.717) is 73.6 Å². The van der Waals surface area contributed by atoms with E-state index >= 15 is 0 Å². The monoisotopic (exact) mass is 672 g/mol. The van der Waals surface area contributed by atoms with Crippen LogP contribution < -0.4 is 20.1 Å². The zero-order valence-corrected chi connectivity index (χ0v) is 27.2. The third-order valence-corrected chi connectivity index (χ3v) is 7.92. The number of fused-ring (bicyclic) bond motifs is 2. The van der Waals surface area contributed by atoms with E-state index in [2.05, 4.69) is 64.8 Å². The van der Waals surface area contributed by atoms with Gasteiger partial charge >= 0.3 is 0 Å². The summed E-state index contributed by atoms with van der Waals surface area (Å²) in [6, 6.07) is 24.1. The average molecular weight is 673 g/mol. The molecule has 4 N–H and O–H groups in total. The quantitative estimate of drug-likeness (QED) is 0.116. The lowest BCUT2D eigenvalue weighted by atomic mass is 10.1. The van der Waals surface area contributed by atoms with E-state index in [9.17, 15) is 0 Å². The fourth-order valence-electron chi connectivity index (χ4n) is 5.62. The maximum Gasteiger partial charge on any atom is 0.165 e. The lowest BCUT2D eigenvalue weighted by molar-refractivity contribution is 0.290. The summed E-state index contributed by atoms with van der Waals surface area (Å²) in [7, 11) is 0. The molecule has 0 bridgehead atoms. The van der Waals surface area contributed by atoms with Gasteiger partial charge in [-0.15, -0.1) is 0 Å². The van der Waals surface area contributed by atoms with Crippen LogP contribution in [-0.4, -0.2) is 75.6 Å². The van der Waals surface area contributed by atoms with E-state index < -0.39 is 0 Å². The minimum Gasteiger partial charge on any atom is -0.489 e. The Labute approximate surface area is 287 Å². The van der Waals surface area contributed by atoms with Gasteiger partial charge in [0.25, 0.3) is 0 Å². The van der Waals surface area contributed by atoms with Crippen molar-refractivity contribution in [2.75, 3.05) is 36.9 Å². The number of anilines is 2. The van der Waals surface area contributed by atoms with Gasteiger partial charge in [0.1, 0.15) is 48.4 Å². The smallest absolute Gasteiger partial charge is 0.165 e. The van der Waals surface area contributed by atoms with Crippen molar-refractivity contribution in [3.8, 4) is 11.5 Å². The molecule has 0 saturated heterocycles. The molecule has 0 aliphatic heterocycles. The van der Waals surface area contributed by atoms with Gasteiger partial charge in [0.15, 0.2) is 22.9 Å². The maximum atomic E-state index is 9.15. The largest absolute Gasteiger partial charge is 0.489 e. The van der Waals surface area contributed by atoms with Gasteiger partial charge < -0.3 is 39.5 Å². The summed E-state index contributed by atoms with van der Waals surface area (Å²) in [6.45, 7) is 2.75. The van der Waals surface area contributed by atoms with Crippen LogP contribution in [0.4, 0.5) is 11.6 Å². The molecule has 0 radical (unpaired) electrons. The third-order valence-electron chi connectivity index (χ3n) is 7.92. The molecule has 14 nitrogen and oxygen atoms in total. The molecule has 14 heteroatoms. The fourth-order valence-corrected chi connectivity index (χ4v) is 5.62. The van der Waals surface area contributed by atoms with Gasteiger partial charge in [-0.25, -0.2) is 29.9 Å². The predicted octanol–water partition coefficient (Wildman–Crippen LogP) is 4.03. The van der Waals surface area contributed by atoms with Gasteiger partial charge in [0.05, 0.1) is 39.0 Å². The number of hydrogen-bond donors (Lipinski definition) is 4. The molecule has 7 rings (SSSR count). The van der Waals surface area contributed by atoms with Gasteiger partial charge in [-0.2, -0.15) is 0 Å². The summed E-state index contributed by atoms with van der Waals surface area (Å²) < 4.78 is 16.3. The van der Waals surface area contributed by atoms with Crippen LogP contribution in [0.2, 0.25) is 0 Å². The molecule has 3 aromatic carbocycles. The van der Waals surface area contributed by atoms with E-state index in [1.165, 1.54) is 12.7 Å². The Hall–Kier alpha value is -6.12. The van der Waals surface area contributed by atoms with Crippen LogP contribution in [-0.2, 0) is 26.3 Å². The molecule has 0 unspecified atom stereocenters. The van der Waals surface area contributed by atoms with Crippen LogP contribution in [0, 0.1) is 0 Å². The molecule has 0 spiro atoms. The molecule has 0 saturated carbocycles. The van der Waals surface area contributed by atoms with Crippen LogP contribution in [0.15, 0.2) is 98.1 Å². The number of rotatable bonds is 16. The summed E-state index contributed by atoms with van der Waals surface area (Å²) in [5.74, 6) is 2.62. The molecule has 254 valence electrons. The van der Waals surface area contributed by atoms with Crippen molar-refractivity contribution in [1.82, 2.24) is 39.0 Å². The molecular formula is C36H36N10O4. The molecule has 0 fully saturated rings. The lowest BCUT2D eigenvalue weighted by Gasteiger charge is -2.12. The Morgan fingerprint density at radius 3 is 1.48 bits per heavy atom. The lowest BCUT2D eigenvalue weighted by Crippen LogP contribution is -2.08. The molecule has 0 amide bonds. The molecule has 0 atom stereocenters. The van der Waals surface area contributed by atoms with Crippen molar-refractivity contribution in [2.45, 2.75) is 26.3 Å². The van der Waals surface area contributed by atoms with Crippen LogP contribution in [0.5, 0.6) is 11.5 Å². The maximum absolute atomic E-state index is 9.15. The first-order chi connectivity index (χ1) is 24.7. The second kappa shape index (κ2) is 15.4. The Morgan fingerprint density at radius 1 is 0.540 bits per heavy atom. The van der Waals surface area contributed by atoms with E-state index in [1.54, 1.807) is 12.7 Å². The summed E-state index contributed by atoms with van der Waals surface area (Å²) in [4.78, 5) is 26.3. The van der Waals surface area contributed by atoms with Crippen molar-refractivity contribution < 1.29 is 19.7 Å².